The van der Waals surface area contributed by atoms with Crippen molar-refractivity contribution in [1.29, 1.82) is 5.26 Å². The third-order valence-corrected chi connectivity index (χ3v) is 4.08. The van der Waals surface area contributed by atoms with Crippen molar-refractivity contribution in [2.24, 2.45) is 0 Å². The number of Topliss-reactive ketones (excluding diaryl/α,β-unsaturated/α-hetero) is 1. The van der Waals surface area contributed by atoms with Crippen LogP contribution < -0.4 is 0 Å². The summed E-state index contributed by atoms with van der Waals surface area (Å²) < 4.78 is 27.6. The van der Waals surface area contributed by atoms with Crippen molar-refractivity contribution in [1.82, 2.24) is 4.98 Å². The van der Waals surface area contributed by atoms with Crippen LogP contribution in [-0.4, -0.2) is 10.8 Å². The zero-order valence-electron chi connectivity index (χ0n) is 13.4. The number of nitrogens with one attached hydrogen (secondary N) is 1. The SMILES string of the molecule is CCc1cccc2c(C(=O)/C(C#N)=C/c3c(F)cccc3F)c[nH]c12. The highest BCUT2D eigenvalue weighted by atomic mass is 19.1. The highest BCUT2D eigenvalue weighted by Crippen LogP contribution is 2.25. The van der Waals surface area contributed by atoms with Crippen LogP contribution in [0.2, 0.25) is 0 Å². The Bertz CT molecular complexity index is 1020. The number of aromatic amines is 1. The lowest BCUT2D eigenvalue weighted by molar-refractivity contribution is 0.104. The van der Waals surface area contributed by atoms with E-state index in [1.165, 1.54) is 12.3 Å². The molecule has 0 unspecified atom stereocenters. The van der Waals surface area contributed by atoms with Gasteiger partial charge in [0.05, 0.1) is 0 Å². The molecule has 0 aliphatic rings. The molecule has 0 amide bonds. The molecule has 25 heavy (non-hydrogen) atoms. The first-order valence-electron chi connectivity index (χ1n) is 7.76. The fourth-order valence-electron chi connectivity index (χ4n) is 2.79. The van der Waals surface area contributed by atoms with Gasteiger partial charge in [0, 0.05) is 28.2 Å². The number of allylic oxidation sites excluding steroid dienone is 1. The van der Waals surface area contributed by atoms with Crippen molar-refractivity contribution in [3.63, 3.8) is 0 Å². The zero-order chi connectivity index (χ0) is 18.0. The van der Waals surface area contributed by atoms with Crippen LogP contribution in [0.15, 0.2) is 48.2 Å². The first-order valence-corrected chi connectivity index (χ1v) is 7.76. The van der Waals surface area contributed by atoms with E-state index in [9.17, 15) is 18.8 Å². The van der Waals surface area contributed by atoms with Gasteiger partial charge >= 0.3 is 0 Å². The van der Waals surface area contributed by atoms with Gasteiger partial charge < -0.3 is 4.98 Å². The number of para-hydroxylation sites is 1. The zero-order valence-corrected chi connectivity index (χ0v) is 13.4. The maximum Gasteiger partial charge on any atom is 0.205 e. The number of aromatic nitrogens is 1. The fourth-order valence-corrected chi connectivity index (χ4v) is 2.79. The summed E-state index contributed by atoms with van der Waals surface area (Å²) in [6.45, 7) is 2.00. The number of carbonyl (C=O) groups excluding carboxylic acids is 1. The Kier molecular flexibility index (Phi) is 4.44. The predicted molar refractivity (Wildman–Crippen MR) is 92.0 cm³/mol. The molecule has 5 heteroatoms. The summed E-state index contributed by atoms with van der Waals surface area (Å²) in [6, 6.07) is 10.7. The number of ketones is 1. The number of hydrogen-bond acceptors (Lipinski definition) is 2. The van der Waals surface area contributed by atoms with Gasteiger partial charge in [-0.2, -0.15) is 5.26 Å². The third-order valence-electron chi connectivity index (χ3n) is 4.08. The molecule has 0 radical (unpaired) electrons. The van der Waals surface area contributed by atoms with E-state index >= 15 is 0 Å². The first-order chi connectivity index (χ1) is 12.1. The van der Waals surface area contributed by atoms with Gasteiger partial charge in [0.2, 0.25) is 5.78 Å². The van der Waals surface area contributed by atoms with Crippen molar-refractivity contribution < 1.29 is 13.6 Å². The summed E-state index contributed by atoms with van der Waals surface area (Å²) >= 11 is 0. The Balaban J connectivity index is 2.11. The Morgan fingerprint density at radius 3 is 2.52 bits per heavy atom. The summed E-state index contributed by atoms with van der Waals surface area (Å²) in [5.41, 5.74) is 1.44. The summed E-state index contributed by atoms with van der Waals surface area (Å²) in [5.74, 6) is -2.23. The maximum atomic E-state index is 13.8. The van der Waals surface area contributed by atoms with Gasteiger partial charge in [-0.3, -0.25) is 4.79 Å². The van der Waals surface area contributed by atoms with E-state index in [0.29, 0.717) is 10.9 Å². The van der Waals surface area contributed by atoms with Crippen molar-refractivity contribution in [2.45, 2.75) is 13.3 Å². The number of nitrogens with zero attached hydrogens (tertiary/aromatic N) is 1. The molecule has 0 saturated heterocycles. The monoisotopic (exact) mass is 336 g/mol. The van der Waals surface area contributed by atoms with Crippen LogP contribution in [0, 0.1) is 23.0 Å². The summed E-state index contributed by atoms with van der Waals surface area (Å²) in [5, 5.41) is 10.00. The summed E-state index contributed by atoms with van der Waals surface area (Å²) in [6.07, 6.45) is 3.26. The van der Waals surface area contributed by atoms with Crippen LogP contribution in [0.4, 0.5) is 8.78 Å². The highest BCUT2D eigenvalue weighted by Gasteiger charge is 2.19. The average molecular weight is 336 g/mol. The normalized spacial score (nSPS) is 11.5. The van der Waals surface area contributed by atoms with E-state index in [-0.39, 0.29) is 5.57 Å². The van der Waals surface area contributed by atoms with Crippen LogP contribution >= 0.6 is 0 Å². The van der Waals surface area contributed by atoms with Crippen LogP contribution in [0.3, 0.4) is 0 Å². The smallest absolute Gasteiger partial charge is 0.205 e. The number of rotatable bonds is 4. The molecular formula is C20H14F2N2O. The van der Waals surface area contributed by atoms with E-state index in [1.807, 2.05) is 19.1 Å². The minimum absolute atomic E-state index is 0.301. The van der Waals surface area contributed by atoms with Crippen LogP contribution in [0.25, 0.3) is 17.0 Å². The molecule has 2 aromatic carbocycles. The van der Waals surface area contributed by atoms with Crippen LogP contribution in [-0.2, 0) is 6.42 Å². The van der Waals surface area contributed by atoms with Crippen molar-refractivity contribution in [2.75, 3.05) is 0 Å². The molecule has 3 nitrogen and oxygen atoms in total. The number of benzene rings is 2. The van der Waals surface area contributed by atoms with E-state index in [1.54, 1.807) is 12.1 Å². The highest BCUT2D eigenvalue weighted by molar-refractivity contribution is 6.20. The molecule has 124 valence electrons. The molecule has 1 N–H and O–H groups in total. The third kappa shape index (κ3) is 2.94. The maximum absolute atomic E-state index is 13.8. The Morgan fingerprint density at radius 1 is 1.20 bits per heavy atom. The van der Waals surface area contributed by atoms with Crippen molar-refractivity contribution in [3.05, 3.63) is 76.5 Å². The van der Waals surface area contributed by atoms with E-state index in [4.69, 9.17) is 0 Å². The molecular weight excluding hydrogens is 322 g/mol. The number of nitriles is 1. The van der Waals surface area contributed by atoms with Crippen LogP contribution in [0.5, 0.6) is 0 Å². The van der Waals surface area contributed by atoms with E-state index < -0.39 is 23.0 Å². The lowest BCUT2D eigenvalue weighted by Gasteiger charge is -2.02. The standard InChI is InChI=1S/C20H14F2N2O/c1-2-12-5-3-6-14-16(11-24-19(12)14)20(25)13(10-23)9-15-17(21)7-4-8-18(15)22/h3-9,11,24H,2H2,1H3/b13-9+. The van der Waals surface area contributed by atoms with Gasteiger partial charge in [0.1, 0.15) is 23.3 Å². The molecule has 0 bridgehead atoms. The number of hydrogen-bond donors (Lipinski definition) is 1. The fraction of sp³-hybridized carbons (Fsp3) is 0.100. The van der Waals surface area contributed by atoms with Gasteiger partial charge in [0.15, 0.2) is 0 Å². The minimum atomic E-state index is -0.826. The molecule has 0 aliphatic heterocycles. The molecule has 0 spiro atoms. The van der Waals surface area contributed by atoms with E-state index in [2.05, 4.69) is 4.98 Å². The number of H-pyrrole nitrogens is 1. The predicted octanol–water partition coefficient (Wildman–Crippen LogP) is 4.80. The second kappa shape index (κ2) is 6.70. The van der Waals surface area contributed by atoms with Gasteiger partial charge in [-0.05, 0) is 30.2 Å². The van der Waals surface area contributed by atoms with Gasteiger partial charge in [-0.25, -0.2) is 8.78 Å². The quantitative estimate of drug-likeness (QED) is 0.423. The Hall–Kier alpha value is -3.26. The summed E-state index contributed by atoms with van der Waals surface area (Å²) in [4.78, 5) is 15.8. The van der Waals surface area contributed by atoms with E-state index in [0.717, 1.165) is 35.7 Å². The summed E-state index contributed by atoms with van der Waals surface area (Å²) in [7, 11) is 0. The Labute approximate surface area is 143 Å². The Morgan fingerprint density at radius 2 is 1.88 bits per heavy atom. The molecule has 0 saturated carbocycles. The second-order valence-corrected chi connectivity index (χ2v) is 5.53. The number of fused-ring (bicyclic) bond motifs is 1. The number of carbonyl (C=O) groups is 1. The van der Waals surface area contributed by atoms with Crippen molar-refractivity contribution in [3.8, 4) is 6.07 Å². The first kappa shape index (κ1) is 16.6. The molecule has 3 rings (SSSR count). The molecule has 0 atom stereocenters. The lowest BCUT2D eigenvalue weighted by atomic mass is 9.99. The number of aryl methyl sites for hydroxylation is 1. The molecule has 1 aromatic heterocycles. The van der Waals surface area contributed by atoms with Gasteiger partial charge in [-0.1, -0.05) is 31.2 Å². The molecule has 0 aliphatic carbocycles. The number of halogens is 2. The van der Waals surface area contributed by atoms with Crippen LogP contribution in [0.1, 0.15) is 28.4 Å². The topological polar surface area (TPSA) is 56.6 Å². The molecule has 0 fully saturated rings. The van der Waals surface area contributed by atoms with Gasteiger partial charge in [-0.15, -0.1) is 0 Å². The molecule has 1 heterocycles. The average Bonchev–Trinajstić information content (AvgIpc) is 3.05. The van der Waals surface area contributed by atoms with Gasteiger partial charge in [0.25, 0.3) is 0 Å². The van der Waals surface area contributed by atoms with Crippen molar-refractivity contribution >= 4 is 22.8 Å². The largest absolute Gasteiger partial charge is 0.360 e. The lowest BCUT2D eigenvalue weighted by Crippen LogP contribution is -2.02. The second-order valence-electron chi connectivity index (χ2n) is 5.53. The molecule has 3 aromatic rings. The minimum Gasteiger partial charge on any atom is -0.360 e.